The normalized spacial score (nSPS) is 11.7. The van der Waals surface area contributed by atoms with Gasteiger partial charge in [-0.3, -0.25) is 9.78 Å². The molecule has 2 rings (SSSR count). The summed E-state index contributed by atoms with van der Waals surface area (Å²) >= 11 is 1.49. The third-order valence-electron chi connectivity index (χ3n) is 2.73. The Morgan fingerprint density at radius 1 is 1.30 bits per heavy atom. The van der Waals surface area contributed by atoms with Gasteiger partial charge in [0.25, 0.3) is 0 Å². The smallest absolute Gasteiger partial charge is 0.237 e. The lowest BCUT2D eigenvalue weighted by Gasteiger charge is -2.13. The van der Waals surface area contributed by atoms with Crippen LogP contribution in [0.2, 0.25) is 0 Å². The van der Waals surface area contributed by atoms with E-state index in [4.69, 9.17) is 4.74 Å². The molecule has 0 unspecified atom stereocenters. The van der Waals surface area contributed by atoms with Gasteiger partial charge < -0.3 is 10.1 Å². The third-order valence-corrected chi connectivity index (χ3v) is 3.65. The molecule has 1 aromatic heterocycles. The minimum Gasteiger partial charge on any atom is -0.455 e. The van der Waals surface area contributed by atoms with Crippen LogP contribution >= 0.6 is 11.8 Å². The van der Waals surface area contributed by atoms with Crippen LogP contribution in [0.15, 0.2) is 48.8 Å². The first-order chi connectivity index (χ1) is 9.70. The van der Waals surface area contributed by atoms with Gasteiger partial charge in [0.2, 0.25) is 5.91 Å². The Hall–Kier alpha value is -2.01. The first-order valence-corrected chi connectivity index (χ1v) is 7.50. The minimum atomic E-state index is -0.125. The fourth-order valence-electron chi connectivity index (χ4n) is 1.52. The Kier molecular flexibility index (Phi) is 5.01. The molecule has 1 N–H and O–H groups in total. The molecule has 0 saturated carbocycles. The van der Waals surface area contributed by atoms with Gasteiger partial charge >= 0.3 is 0 Å². The Labute approximate surface area is 122 Å². The van der Waals surface area contributed by atoms with Crippen LogP contribution in [0.3, 0.4) is 0 Å². The number of carbonyl (C=O) groups is 1. The Bertz CT molecular complexity index is 575. The number of nitrogens with zero attached hydrogens (tertiary/aromatic N) is 1. The highest BCUT2D eigenvalue weighted by molar-refractivity contribution is 7.99. The van der Waals surface area contributed by atoms with Crippen molar-refractivity contribution in [2.45, 2.75) is 12.2 Å². The van der Waals surface area contributed by atoms with Crippen LogP contribution in [0.5, 0.6) is 11.5 Å². The van der Waals surface area contributed by atoms with E-state index in [-0.39, 0.29) is 11.2 Å². The van der Waals surface area contributed by atoms with E-state index in [1.54, 1.807) is 18.5 Å². The predicted octanol–water partition coefficient (Wildman–Crippen LogP) is 3.56. The lowest BCUT2D eigenvalue weighted by atomic mass is 10.3. The number of benzene rings is 1. The maximum atomic E-state index is 11.9. The van der Waals surface area contributed by atoms with Crippen molar-refractivity contribution in [3.05, 3.63) is 48.8 Å². The number of aromatic nitrogens is 1. The van der Waals surface area contributed by atoms with Gasteiger partial charge in [-0.1, -0.05) is 18.2 Å². The van der Waals surface area contributed by atoms with E-state index in [9.17, 15) is 4.79 Å². The average Bonchev–Trinajstić information content (AvgIpc) is 2.49. The summed E-state index contributed by atoms with van der Waals surface area (Å²) in [5, 5.41) is 2.71. The highest BCUT2D eigenvalue weighted by Gasteiger charge is 2.14. The van der Waals surface area contributed by atoms with Crippen molar-refractivity contribution < 1.29 is 9.53 Å². The number of pyridine rings is 1. The summed E-state index contributed by atoms with van der Waals surface area (Å²) < 4.78 is 5.76. The summed E-state index contributed by atoms with van der Waals surface area (Å²) in [7, 11) is 0. The molecule has 2 aromatic rings. The number of thioether (sulfide) groups is 1. The number of rotatable bonds is 5. The minimum absolute atomic E-state index is 0.0663. The van der Waals surface area contributed by atoms with Crippen LogP contribution in [0, 0.1) is 0 Å². The molecule has 0 saturated heterocycles. The van der Waals surface area contributed by atoms with Crippen molar-refractivity contribution in [1.82, 2.24) is 4.98 Å². The SMILES string of the molecule is CS[C@H](C)C(=O)Nc1cnccc1Oc1ccccc1. The topological polar surface area (TPSA) is 51.2 Å². The van der Waals surface area contributed by atoms with Gasteiger partial charge in [0.05, 0.1) is 11.4 Å². The van der Waals surface area contributed by atoms with Crippen LogP contribution < -0.4 is 10.1 Å². The van der Waals surface area contributed by atoms with E-state index in [2.05, 4.69) is 10.3 Å². The first kappa shape index (κ1) is 14.4. The molecule has 1 aromatic carbocycles. The molecule has 0 aliphatic rings. The van der Waals surface area contributed by atoms with E-state index in [1.165, 1.54) is 11.8 Å². The zero-order valence-electron chi connectivity index (χ0n) is 11.4. The van der Waals surface area contributed by atoms with E-state index in [1.807, 2.05) is 43.5 Å². The summed E-state index contributed by atoms with van der Waals surface area (Å²) in [6, 6.07) is 11.1. The Morgan fingerprint density at radius 2 is 2.05 bits per heavy atom. The molecule has 0 spiro atoms. The molecule has 0 bridgehead atoms. The van der Waals surface area contributed by atoms with E-state index < -0.39 is 0 Å². The fourth-order valence-corrected chi connectivity index (χ4v) is 1.79. The van der Waals surface area contributed by atoms with Gasteiger partial charge in [-0.15, -0.1) is 0 Å². The molecule has 1 atom stereocenters. The molecule has 104 valence electrons. The quantitative estimate of drug-likeness (QED) is 0.914. The molecule has 20 heavy (non-hydrogen) atoms. The van der Waals surface area contributed by atoms with Crippen molar-refractivity contribution in [3.8, 4) is 11.5 Å². The summed E-state index contributed by atoms with van der Waals surface area (Å²) in [5.41, 5.74) is 0.572. The largest absolute Gasteiger partial charge is 0.455 e. The van der Waals surface area contributed by atoms with Gasteiger partial charge in [-0.2, -0.15) is 11.8 Å². The summed E-state index contributed by atoms with van der Waals surface area (Å²) in [4.78, 5) is 16.0. The molecule has 0 aliphatic heterocycles. The number of amides is 1. The van der Waals surface area contributed by atoms with Crippen LogP contribution in [0.4, 0.5) is 5.69 Å². The Morgan fingerprint density at radius 3 is 2.75 bits per heavy atom. The van der Waals surface area contributed by atoms with Gasteiger partial charge in [-0.25, -0.2) is 0 Å². The number of hydrogen-bond acceptors (Lipinski definition) is 4. The number of nitrogens with one attached hydrogen (secondary N) is 1. The van der Waals surface area contributed by atoms with Crippen molar-refractivity contribution >= 4 is 23.4 Å². The molecule has 5 heteroatoms. The molecular weight excluding hydrogens is 272 g/mol. The van der Waals surface area contributed by atoms with Crippen LogP contribution in [0.1, 0.15) is 6.92 Å². The number of para-hydroxylation sites is 1. The van der Waals surface area contributed by atoms with E-state index in [0.29, 0.717) is 17.2 Å². The van der Waals surface area contributed by atoms with Gasteiger partial charge in [0.15, 0.2) is 5.75 Å². The molecule has 0 aliphatic carbocycles. The monoisotopic (exact) mass is 288 g/mol. The predicted molar refractivity (Wildman–Crippen MR) is 82.4 cm³/mol. The fraction of sp³-hybridized carbons (Fsp3) is 0.200. The molecule has 0 fully saturated rings. The number of ether oxygens (including phenoxy) is 1. The molecule has 1 heterocycles. The lowest BCUT2D eigenvalue weighted by Crippen LogP contribution is -2.22. The van der Waals surface area contributed by atoms with Gasteiger partial charge in [-0.05, 0) is 25.3 Å². The summed E-state index contributed by atoms with van der Waals surface area (Å²) in [6.45, 7) is 1.86. The van der Waals surface area contributed by atoms with Crippen molar-refractivity contribution in [3.63, 3.8) is 0 Å². The summed E-state index contributed by atoms with van der Waals surface area (Å²) in [6.07, 6.45) is 5.12. The van der Waals surface area contributed by atoms with Crippen LogP contribution in [-0.2, 0) is 4.79 Å². The molecule has 0 radical (unpaired) electrons. The number of carbonyl (C=O) groups excluding carboxylic acids is 1. The number of anilines is 1. The van der Waals surface area contributed by atoms with Crippen molar-refractivity contribution in [2.75, 3.05) is 11.6 Å². The standard InChI is InChI=1S/C15H16N2O2S/c1-11(20-2)15(18)17-13-10-16-9-8-14(13)19-12-6-4-3-5-7-12/h3-11H,1-2H3,(H,17,18)/t11-/m1/s1. The highest BCUT2D eigenvalue weighted by Crippen LogP contribution is 2.28. The molecule has 1 amide bonds. The lowest BCUT2D eigenvalue weighted by molar-refractivity contribution is -0.115. The average molecular weight is 288 g/mol. The first-order valence-electron chi connectivity index (χ1n) is 6.21. The van der Waals surface area contributed by atoms with Crippen LogP contribution in [0.25, 0.3) is 0 Å². The van der Waals surface area contributed by atoms with E-state index in [0.717, 1.165) is 0 Å². The second-order valence-electron chi connectivity index (χ2n) is 4.15. The number of hydrogen-bond donors (Lipinski definition) is 1. The zero-order valence-corrected chi connectivity index (χ0v) is 12.2. The van der Waals surface area contributed by atoms with E-state index >= 15 is 0 Å². The highest BCUT2D eigenvalue weighted by atomic mass is 32.2. The van der Waals surface area contributed by atoms with Crippen LogP contribution in [-0.4, -0.2) is 22.4 Å². The van der Waals surface area contributed by atoms with Gasteiger partial charge in [0, 0.05) is 12.3 Å². The van der Waals surface area contributed by atoms with Crippen molar-refractivity contribution in [1.29, 1.82) is 0 Å². The maximum Gasteiger partial charge on any atom is 0.237 e. The van der Waals surface area contributed by atoms with Gasteiger partial charge in [0.1, 0.15) is 11.4 Å². The molecular formula is C15H16N2O2S. The maximum absolute atomic E-state index is 11.9. The Balaban J connectivity index is 2.16. The zero-order chi connectivity index (χ0) is 14.4. The van der Waals surface area contributed by atoms with Crippen molar-refractivity contribution in [2.24, 2.45) is 0 Å². The second-order valence-corrected chi connectivity index (χ2v) is 5.33. The summed E-state index contributed by atoms with van der Waals surface area (Å²) in [5.74, 6) is 1.23. The second kappa shape index (κ2) is 6.96. The third kappa shape index (κ3) is 3.74. The molecule has 4 nitrogen and oxygen atoms in total.